The summed E-state index contributed by atoms with van der Waals surface area (Å²) in [6.45, 7) is 6.13. The second kappa shape index (κ2) is 12.0. The van der Waals surface area contributed by atoms with Crippen molar-refractivity contribution >= 4 is 11.8 Å². The average molecular weight is 456 g/mol. The minimum absolute atomic E-state index is 0.150. The van der Waals surface area contributed by atoms with Crippen molar-refractivity contribution in [3.63, 3.8) is 0 Å². The van der Waals surface area contributed by atoms with Crippen LogP contribution in [0.2, 0.25) is 0 Å². The number of carbonyl (C=O) groups is 2. The monoisotopic (exact) mass is 455 g/mol. The molecule has 2 saturated heterocycles. The van der Waals surface area contributed by atoms with Crippen LogP contribution >= 0.6 is 0 Å². The minimum atomic E-state index is 0.150. The zero-order valence-corrected chi connectivity index (χ0v) is 20.3. The number of piperidine rings is 2. The molecule has 0 bridgehead atoms. The molecule has 3 aliphatic heterocycles. The molecule has 6 heteroatoms. The van der Waals surface area contributed by atoms with Gasteiger partial charge in [-0.15, -0.1) is 0 Å². The minimum Gasteiger partial charge on any atom is -0.383 e. The number of nitrogens with zero attached hydrogens (tertiary/aromatic N) is 3. The first-order valence-electron chi connectivity index (χ1n) is 13.1. The maximum atomic E-state index is 13.1. The summed E-state index contributed by atoms with van der Waals surface area (Å²) in [6.07, 6.45) is 9.84. The quantitative estimate of drug-likeness (QED) is 0.474. The van der Waals surface area contributed by atoms with Crippen molar-refractivity contribution in [2.24, 2.45) is 5.92 Å². The molecule has 1 aromatic rings. The Balaban J connectivity index is 1.20. The summed E-state index contributed by atoms with van der Waals surface area (Å²) < 4.78 is 5.31. The fourth-order valence-corrected chi connectivity index (χ4v) is 6.00. The van der Waals surface area contributed by atoms with Crippen LogP contribution in [0.15, 0.2) is 24.3 Å². The van der Waals surface area contributed by atoms with Gasteiger partial charge in [0.1, 0.15) is 0 Å². The van der Waals surface area contributed by atoms with Crippen LogP contribution in [0, 0.1) is 5.92 Å². The number of rotatable bonds is 11. The molecule has 2 atom stereocenters. The second-order valence-electron chi connectivity index (χ2n) is 10.0. The molecule has 2 amide bonds. The van der Waals surface area contributed by atoms with Crippen LogP contribution < -0.4 is 0 Å². The predicted octanol–water partition coefficient (Wildman–Crippen LogP) is 3.94. The smallest absolute Gasteiger partial charge is 0.254 e. The molecule has 0 N–H and O–H groups in total. The second-order valence-corrected chi connectivity index (χ2v) is 10.0. The summed E-state index contributed by atoms with van der Waals surface area (Å²) in [5.41, 5.74) is 1.98. The molecule has 0 radical (unpaired) electrons. The molecule has 0 aromatic heterocycles. The SMILES string of the molecule is COCCN(C[C@@H]1CCCN2CCCC[C@H]12)C(=O)CCCCCN1Cc2ccccc2C1=O. The van der Waals surface area contributed by atoms with Crippen LogP contribution in [0.5, 0.6) is 0 Å². The Kier molecular flexibility index (Phi) is 8.79. The topological polar surface area (TPSA) is 53.1 Å². The van der Waals surface area contributed by atoms with E-state index in [0.717, 1.165) is 50.0 Å². The van der Waals surface area contributed by atoms with E-state index in [9.17, 15) is 9.59 Å². The third kappa shape index (κ3) is 6.15. The van der Waals surface area contributed by atoms with Gasteiger partial charge in [-0.1, -0.05) is 31.0 Å². The maximum Gasteiger partial charge on any atom is 0.254 e. The molecule has 0 spiro atoms. The standard InChI is InChI=1S/C27H41N3O3/c1-33-19-18-29(21-23-11-9-17-28-15-8-6-13-25(23)28)26(31)14-3-2-7-16-30-20-22-10-4-5-12-24(22)27(30)32/h4-5,10,12,23,25H,2-3,6-9,11,13-21H2,1H3/t23-,25+/m0/s1. The molecule has 3 heterocycles. The largest absolute Gasteiger partial charge is 0.383 e. The third-order valence-corrected chi connectivity index (χ3v) is 7.82. The van der Waals surface area contributed by atoms with Crippen LogP contribution in [0.1, 0.15) is 73.7 Å². The Bertz CT molecular complexity index is 797. The van der Waals surface area contributed by atoms with Gasteiger partial charge in [0.05, 0.1) is 6.61 Å². The summed E-state index contributed by atoms with van der Waals surface area (Å²) >= 11 is 0. The Hall–Kier alpha value is -1.92. The predicted molar refractivity (Wildman–Crippen MR) is 130 cm³/mol. The highest BCUT2D eigenvalue weighted by atomic mass is 16.5. The molecule has 33 heavy (non-hydrogen) atoms. The molecule has 2 fully saturated rings. The van der Waals surface area contributed by atoms with E-state index in [1.807, 2.05) is 29.2 Å². The van der Waals surface area contributed by atoms with E-state index in [4.69, 9.17) is 4.74 Å². The fourth-order valence-electron chi connectivity index (χ4n) is 6.00. The first-order valence-corrected chi connectivity index (χ1v) is 13.1. The zero-order chi connectivity index (χ0) is 23.0. The van der Waals surface area contributed by atoms with Gasteiger partial charge in [0.2, 0.25) is 5.91 Å². The fraction of sp³-hybridized carbons (Fsp3) is 0.704. The van der Waals surface area contributed by atoms with Crippen molar-refractivity contribution in [1.82, 2.24) is 14.7 Å². The van der Waals surface area contributed by atoms with E-state index < -0.39 is 0 Å². The summed E-state index contributed by atoms with van der Waals surface area (Å²) in [5, 5.41) is 0. The van der Waals surface area contributed by atoms with Crippen LogP contribution in [0.4, 0.5) is 0 Å². The molecular weight excluding hydrogens is 414 g/mol. The molecule has 182 valence electrons. The van der Waals surface area contributed by atoms with Gasteiger partial charge in [-0.25, -0.2) is 0 Å². The summed E-state index contributed by atoms with van der Waals surface area (Å²) in [6, 6.07) is 8.55. The van der Waals surface area contributed by atoms with E-state index in [2.05, 4.69) is 9.80 Å². The van der Waals surface area contributed by atoms with Crippen LogP contribution in [-0.2, 0) is 16.1 Å². The van der Waals surface area contributed by atoms with Crippen molar-refractivity contribution in [2.45, 2.75) is 70.4 Å². The molecule has 0 aliphatic carbocycles. The summed E-state index contributed by atoms with van der Waals surface area (Å²) in [7, 11) is 1.71. The van der Waals surface area contributed by atoms with E-state index >= 15 is 0 Å². The van der Waals surface area contributed by atoms with E-state index in [1.165, 1.54) is 45.2 Å². The lowest BCUT2D eigenvalue weighted by atomic mass is 9.83. The lowest BCUT2D eigenvalue weighted by Gasteiger charge is -2.45. The summed E-state index contributed by atoms with van der Waals surface area (Å²) in [4.78, 5) is 32.3. The highest BCUT2D eigenvalue weighted by Crippen LogP contribution is 2.31. The van der Waals surface area contributed by atoms with Crippen LogP contribution in [0.3, 0.4) is 0 Å². The first-order chi connectivity index (χ1) is 16.2. The number of benzene rings is 1. The number of ether oxygens (including phenoxy) is 1. The van der Waals surface area contributed by atoms with Gasteiger partial charge in [-0.2, -0.15) is 0 Å². The zero-order valence-electron chi connectivity index (χ0n) is 20.3. The van der Waals surface area contributed by atoms with Crippen molar-refractivity contribution < 1.29 is 14.3 Å². The van der Waals surface area contributed by atoms with Gasteiger partial charge in [-0.3, -0.25) is 9.59 Å². The molecule has 0 saturated carbocycles. The van der Waals surface area contributed by atoms with Gasteiger partial charge in [0.15, 0.2) is 0 Å². The number of hydrogen-bond donors (Lipinski definition) is 0. The molecule has 1 aromatic carbocycles. The number of hydrogen-bond acceptors (Lipinski definition) is 4. The molecule has 4 rings (SSSR count). The number of fused-ring (bicyclic) bond motifs is 2. The summed E-state index contributed by atoms with van der Waals surface area (Å²) in [5.74, 6) is 1.02. The highest BCUT2D eigenvalue weighted by molar-refractivity contribution is 5.98. The van der Waals surface area contributed by atoms with Crippen molar-refractivity contribution in [2.75, 3.05) is 46.4 Å². The maximum absolute atomic E-state index is 13.1. The number of amides is 2. The lowest BCUT2D eigenvalue weighted by Crippen LogP contribution is -2.52. The van der Waals surface area contributed by atoms with Crippen LogP contribution in [0.25, 0.3) is 0 Å². The lowest BCUT2D eigenvalue weighted by molar-refractivity contribution is -0.133. The van der Waals surface area contributed by atoms with E-state index in [1.54, 1.807) is 7.11 Å². The van der Waals surface area contributed by atoms with Gasteiger partial charge in [-0.05, 0) is 69.2 Å². The van der Waals surface area contributed by atoms with Gasteiger partial charge < -0.3 is 19.4 Å². The van der Waals surface area contributed by atoms with Crippen molar-refractivity contribution in [3.8, 4) is 0 Å². The Morgan fingerprint density at radius 3 is 2.79 bits per heavy atom. The normalized spacial score (nSPS) is 22.8. The van der Waals surface area contributed by atoms with Gasteiger partial charge >= 0.3 is 0 Å². The molecular formula is C27H41N3O3. The van der Waals surface area contributed by atoms with E-state index in [-0.39, 0.29) is 11.8 Å². The van der Waals surface area contributed by atoms with Gasteiger partial charge in [0.25, 0.3) is 5.91 Å². The Morgan fingerprint density at radius 2 is 1.94 bits per heavy atom. The van der Waals surface area contributed by atoms with Gasteiger partial charge in [0, 0.05) is 51.3 Å². The molecule has 0 unspecified atom stereocenters. The Labute approximate surface area is 199 Å². The number of carbonyl (C=O) groups excluding carboxylic acids is 2. The Morgan fingerprint density at radius 1 is 1.09 bits per heavy atom. The average Bonchev–Trinajstić information content (AvgIpc) is 3.17. The number of methoxy groups -OCH3 is 1. The van der Waals surface area contributed by atoms with Crippen molar-refractivity contribution in [1.29, 1.82) is 0 Å². The van der Waals surface area contributed by atoms with Crippen molar-refractivity contribution in [3.05, 3.63) is 35.4 Å². The van der Waals surface area contributed by atoms with Crippen LogP contribution in [-0.4, -0.2) is 79.0 Å². The first kappa shape index (κ1) is 24.2. The third-order valence-electron chi connectivity index (χ3n) is 7.82. The molecule has 3 aliphatic rings. The molecule has 6 nitrogen and oxygen atoms in total. The highest BCUT2D eigenvalue weighted by Gasteiger charge is 2.34. The number of unbranched alkanes of at least 4 members (excludes halogenated alkanes) is 2. The van der Waals surface area contributed by atoms with E-state index in [0.29, 0.717) is 31.5 Å².